The summed E-state index contributed by atoms with van der Waals surface area (Å²) in [6, 6.07) is 0.296. The van der Waals surface area contributed by atoms with Crippen LogP contribution >= 0.6 is 0 Å². The number of nitrogens with zero attached hydrogens (tertiary/aromatic N) is 3. The van der Waals surface area contributed by atoms with Crippen LogP contribution in [0.5, 0.6) is 5.75 Å². The van der Waals surface area contributed by atoms with Crippen LogP contribution in [0.15, 0.2) is 11.0 Å². The molecule has 31 heavy (non-hydrogen) atoms. The molecule has 2 fully saturated rings. The number of methoxy groups -OCH3 is 1. The number of likely N-dealkylation sites (N-methyl/N-ethyl adjacent to an activating group) is 1. The zero-order valence-corrected chi connectivity index (χ0v) is 19.0. The van der Waals surface area contributed by atoms with Crippen molar-refractivity contribution in [2.24, 2.45) is 5.41 Å². The van der Waals surface area contributed by atoms with E-state index in [1.54, 1.807) is 11.5 Å². The highest BCUT2D eigenvalue weighted by Crippen LogP contribution is 2.47. The number of anilines is 1. The first kappa shape index (κ1) is 21.6. The van der Waals surface area contributed by atoms with E-state index in [9.17, 15) is 14.7 Å². The van der Waals surface area contributed by atoms with E-state index in [2.05, 4.69) is 18.7 Å². The molecule has 1 unspecified atom stereocenters. The first-order valence-electron chi connectivity index (χ1n) is 10.6. The van der Waals surface area contributed by atoms with Gasteiger partial charge < -0.3 is 24.2 Å². The normalized spacial score (nSPS) is 20.6. The number of fused-ring (bicyclic) bond motifs is 1. The number of halogens is 1. The van der Waals surface area contributed by atoms with Crippen LogP contribution in [0.3, 0.4) is 0 Å². The Labute approximate surface area is 181 Å². The molecule has 0 spiro atoms. The lowest BCUT2D eigenvalue weighted by molar-refractivity contribution is 0.0695. The van der Waals surface area contributed by atoms with E-state index in [-0.39, 0.29) is 34.0 Å². The lowest BCUT2D eigenvalue weighted by Crippen LogP contribution is -2.39. The third-order valence-electron chi connectivity index (χ3n) is 6.79. The highest BCUT2D eigenvalue weighted by atomic mass is 19.1. The Balaban J connectivity index is 2.04. The summed E-state index contributed by atoms with van der Waals surface area (Å²) in [6.07, 6.45) is 3.15. The lowest BCUT2D eigenvalue weighted by atomic mass is 9.87. The van der Waals surface area contributed by atoms with E-state index >= 15 is 4.39 Å². The first-order valence-corrected chi connectivity index (χ1v) is 10.6. The Morgan fingerprint density at radius 2 is 1.97 bits per heavy atom. The lowest BCUT2D eigenvalue weighted by Gasteiger charge is -2.30. The van der Waals surface area contributed by atoms with Crippen molar-refractivity contribution in [3.63, 3.8) is 0 Å². The van der Waals surface area contributed by atoms with E-state index in [1.165, 1.54) is 13.3 Å². The molecule has 1 aromatic carbocycles. The van der Waals surface area contributed by atoms with Gasteiger partial charge >= 0.3 is 5.97 Å². The SMILES string of the molecule is COc1c(N2CC(N(C)C)C(C)(C)C2)c(F)c(C)c2c(=O)c(C(=O)O)cn(C3CC3)c12. The van der Waals surface area contributed by atoms with Gasteiger partial charge in [-0.3, -0.25) is 4.79 Å². The van der Waals surface area contributed by atoms with Gasteiger partial charge in [0.05, 0.1) is 18.0 Å². The fraction of sp³-hybridized carbons (Fsp3) is 0.565. The van der Waals surface area contributed by atoms with E-state index < -0.39 is 17.2 Å². The van der Waals surface area contributed by atoms with Gasteiger partial charge in [0.2, 0.25) is 5.43 Å². The van der Waals surface area contributed by atoms with Crippen molar-refractivity contribution in [1.82, 2.24) is 9.47 Å². The van der Waals surface area contributed by atoms with Crippen molar-refractivity contribution >= 4 is 22.6 Å². The number of benzene rings is 1. The molecule has 1 saturated heterocycles. The van der Waals surface area contributed by atoms with Gasteiger partial charge in [-0.15, -0.1) is 0 Å². The molecule has 2 aliphatic rings. The number of hydrogen-bond acceptors (Lipinski definition) is 5. The van der Waals surface area contributed by atoms with Gasteiger partial charge in [-0.05, 0) is 39.3 Å². The number of pyridine rings is 1. The summed E-state index contributed by atoms with van der Waals surface area (Å²) in [5.74, 6) is -1.53. The summed E-state index contributed by atoms with van der Waals surface area (Å²) in [5.41, 5.74) is -0.0888. The van der Waals surface area contributed by atoms with Crippen LogP contribution in [-0.4, -0.2) is 60.9 Å². The summed E-state index contributed by atoms with van der Waals surface area (Å²) in [7, 11) is 5.52. The minimum absolute atomic E-state index is 0.0763. The Hall–Kier alpha value is -2.61. The minimum Gasteiger partial charge on any atom is -0.492 e. The van der Waals surface area contributed by atoms with Gasteiger partial charge in [-0.1, -0.05) is 13.8 Å². The van der Waals surface area contributed by atoms with E-state index in [4.69, 9.17) is 4.74 Å². The summed E-state index contributed by atoms with van der Waals surface area (Å²) in [4.78, 5) is 28.9. The summed E-state index contributed by atoms with van der Waals surface area (Å²) in [5, 5.41) is 9.64. The van der Waals surface area contributed by atoms with E-state index in [0.29, 0.717) is 30.0 Å². The summed E-state index contributed by atoms with van der Waals surface area (Å²) in [6.45, 7) is 7.13. The zero-order chi connectivity index (χ0) is 22.8. The molecule has 0 bridgehead atoms. The molecule has 1 aliphatic heterocycles. The summed E-state index contributed by atoms with van der Waals surface area (Å²) >= 11 is 0. The van der Waals surface area contributed by atoms with Crippen LogP contribution in [-0.2, 0) is 0 Å². The van der Waals surface area contributed by atoms with Crippen molar-refractivity contribution < 1.29 is 19.0 Å². The fourth-order valence-electron chi connectivity index (χ4n) is 5.13. The number of carboxylic acids is 1. The standard InChI is InChI=1S/C23H30FN3O4/c1-12-16-18(27(13-7-8-13)9-14(20(16)28)22(29)30)21(31-6)19(17(12)24)26-10-15(25(4)5)23(2,3)11-26/h9,13,15H,7-8,10-11H2,1-6H3,(H,29,30). The molecule has 1 aliphatic carbocycles. The van der Waals surface area contributed by atoms with Gasteiger partial charge in [0.15, 0.2) is 11.6 Å². The maximum Gasteiger partial charge on any atom is 0.341 e. The molecule has 0 amide bonds. The number of carbonyl (C=O) groups is 1. The molecule has 1 N–H and O–H groups in total. The average molecular weight is 432 g/mol. The second kappa shape index (κ2) is 7.22. The molecule has 1 saturated carbocycles. The zero-order valence-electron chi connectivity index (χ0n) is 19.0. The predicted molar refractivity (Wildman–Crippen MR) is 118 cm³/mol. The van der Waals surface area contributed by atoms with E-state index in [1.807, 2.05) is 19.0 Å². The number of ether oxygens (including phenoxy) is 1. The number of aryl methyl sites for hydroxylation is 1. The highest BCUT2D eigenvalue weighted by Gasteiger charge is 2.43. The van der Waals surface area contributed by atoms with Crippen molar-refractivity contribution in [1.29, 1.82) is 0 Å². The first-order chi connectivity index (χ1) is 14.5. The van der Waals surface area contributed by atoms with Crippen LogP contribution in [0.4, 0.5) is 10.1 Å². The topological polar surface area (TPSA) is 75.0 Å². The molecular weight excluding hydrogens is 401 g/mol. The highest BCUT2D eigenvalue weighted by molar-refractivity contribution is 5.99. The van der Waals surface area contributed by atoms with Gasteiger partial charge in [-0.2, -0.15) is 0 Å². The smallest absolute Gasteiger partial charge is 0.341 e. The Bertz CT molecular complexity index is 1130. The Morgan fingerprint density at radius 3 is 2.45 bits per heavy atom. The molecule has 7 nitrogen and oxygen atoms in total. The second-order valence-corrected chi connectivity index (χ2v) is 9.71. The van der Waals surface area contributed by atoms with Gasteiger partial charge in [0.25, 0.3) is 0 Å². The number of carboxylic acid groups (broad SMARTS) is 1. The molecule has 2 heterocycles. The van der Waals surface area contributed by atoms with Crippen molar-refractivity contribution in [3.05, 3.63) is 33.4 Å². The van der Waals surface area contributed by atoms with Crippen molar-refractivity contribution in [2.45, 2.75) is 45.7 Å². The van der Waals surface area contributed by atoms with Crippen molar-refractivity contribution in [2.75, 3.05) is 39.2 Å². The largest absolute Gasteiger partial charge is 0.492 e. The number of aromatic nitrogens is 1. The fourth-order valence-corrected chi connectivity index (χ4v) is 5.13. The Kier molecular flexibility index (Phi) is 5.04. The molecule has 0 radical (unpaired) electrons. The molecule has 168 valence electrons. The van der Waals surface area contributed by atoms with Crippen LogP contribution in [0.25, 0.3) is 10.9 Å². The second-order valence-electron chi connectivity index (χ2n) is 9.71. The molecule has 4 rings (SSSR count). The predicted octanol–water partition coefficient (Wildman–Crippen LogP) is 3.27. The van der Waals surface area contributed by atoms with Crippen LogP contribution in [0, 0.1) is 18.2 Å². The maximum absolute atomic E-state index is 15.8. The van der Waals surface area contributed by atoms with E-state index in [0.717, 1.165) is 12.8 Å². The number of aromatic carboxylic acids is 1. The average Bonchev–Trinajstić information content (AvgIpc) is 3.46. The molecule has 1 atom stereocenters. The van der Waals surface area contributed by atoms with Crippen LogP contribution in [0.2, 0.25) is 0 Å². The monoisotopic (exact) mass is 431 g/mol. The minimum atomic E-state index is -1.31. The molecule has 8 heteroatoms. The van der Waals surface area contributed by atoms with Gasteiger partial charge in [0, 0.05) is 36.9 Å². The summed E-state index contributed by atoms with van der Waals surface area (Å²) < 4.78 is 23.4. The van der Waals surface area contributed by atoms with Gasteiger partial charge in [-0.25, -0.2) is 9.18 Å². The molecule has 2 aromatic rings. The van der Waals surface area contributed by atoms with Crippen LogP contribution < -0.4 is 15.1 Å². The third-order valence-corrected chi connectivity index (χ3v) is 6.79. The Morgan fingerprint density at radius 1 is 1.32 bits per heavy atom. The molecule has 1 aromatic heterocycles. The number of hydrogen-bond donors (Lipinski definition) is 1. The van der Waals surface area contributed by atoms with Crippen molar-refractivity contribution in [3.8, 4) is 5.75 Å². The molecular formula is C23H30FN3O4. The van der Waals surface area contributed by atoms with Gasteiger partial charge in [0.1, 0.15) is 11.3 Å². The third kappa shape index (κ3) is 3.28. The quantitative estimate of drug-likeness (QED) is 0.783. The number of rotatable bonds is 5. The van der Waals surface area contributed by atoms with Crippen LogP contribution in [0.1, 0.15) is 48.7 Å². The maximum atomic E-state index is 15.8.